The van der Waals surface area contributed by atoms with Gasteiger partial charge in [0, 0.05) is 6.54 Å². The lowest BCUT2D eigenvalue weighted by atomic mass is 10.2. The predicted octanol–water partition coefficient (Wildman–Crippen LogP) is 3.13. The van der Waals surface area contributed by atoms with Crippen LogP contribution < -0.4 is 5.32 Å². The van der Waals surface area contributed by atoms with E-state index in [0.717, 1.165) is 20.8 Å². The van der Waals surface area contributed by atoms with Crippen LogP contribution in [0.1, 0.15) is 10.6 Å². The van der Waals surface area contributed by atoms with Crippen LogP contribution in [-0.2, 0) is 22.7 Å². The maximum Gasteiger partial charge on any atom is 0.246 e. The first-order valence-corrected chi connectivity index (χ1v) is 7.86. The summed E-state index contributed by atoms with van der Waals surface area (Å²) in [6.45, 7) is 0.922. The Balaban J connectivity index is 1.43. The van der Waals surface area contributed by atoms with Gasteiger partial charge in [0.15, 0.2) is 0 Å². The molecule has 1 N–H and O–H groups in total. The number of carbonyl (C=O) groups is 1. The first-order chi connectivity index (χ1) is 10.8. The van der Waals surface area contributed by atoms with E-state index in [9.17, 15) is 4.79 Å². The van der Waals surface area contributed by atoms with Gasteiger partial charge in [0.1, 0.15) is 11.6 Å². The van der Waals surface area contributed by atoms with Gasteiger partial charge in [-0.15, -0.1) is 11.3 Å². The fraction of sp³-hybridized carbons (Fsp3) is 0.176. The van der Waals surface area contributed by atoms with Crippen molar-refractivity contribution < 1.29 is 9.53 Å². The molecule has 0 radical (unpaired) electrons. The van der Waals surface area contributed by atoms with E-state index in [4.69, 9.17) is 4.74 Å². The van der Waals surface area contributed by atoms with Crippen LogP contribution in [-0.4, -0.2) is 17.5 Å². The number of ether oxygens (including phenoxy) is 1. The molecule has 2 aromatic carbocycles. The van der Waals surface area contributed by atoms with E-state index in [2.05, 4.69) is 10.3 Å². The highest BCUT2D eigenvalue weighted by Gasteiger charge is 2.05. The highest BCUT2D eigenvalue weighted by molar-refractivity contribution is 7.18. The van der Waals surface area contributed by atoms with Crippen molar-refractivity contribution in [2.24, 2.45) is 0 Å². The van der Waals surface area contributed by atoms with Crippen molar-refractivity contribution in [3.05, 3.63) is 65.2 Å². The second-order valence-electron chi connectivity index (χ2n) is 4.83. The Morgan fingerprint density at radius 1 is 1.09 bits per heavy atom. The molecule has 5 heteroatoms. The topological polar surface area (TPSA) is 51.2 Å². The van der Waals surface area contributed by atoms with E-state index in [-0.39, 0.29) is 12.5 Å². The zero-order chi connectivity index (χ0) is 15.2. The number of aromatic nitrogens is 1. The zero-order valence-corrected chi connectivity index (χ0v) is 12.8. The minimum absolute atomic E-state index is 0.0444. The number of carbonyl (C=O) groups excluding carboxylic acids is 1. The molecule has 0 bridgehead atoms. The fourth-order valence-corrected chi connectivity index (χ4v) is 2.97. The molecule has 0 spiro atoms. The fourth-order valence-electron chi connectivity index (χ4n) is 2.06. The second-order valence-corrected chi connectivity index (χ2v) is 5.95. The summed E-state index contributed by atoms with van der Waals surface area (Å²) in [5.74, 6) is -0.120. The minimum atomic E-state index is -0.120. The number of hydrogen-bond donors (Lipinski definition) is 1. The Morgan fingerprint density at radius 3 is 2.68 bits per heavy atom. The molecule has 3 rings (SSSR count). The number of thiazole rings is 1. The van der Waals surface area contributed by atoms with Gasteiger partial charge in [-0.1, -0.05) is 42.5 Å². The third-order valence-electron chi connectivity index (χ3n) is 3.13. The average molecular weight is 312 g/mol. The van der Waals surface area contributed by atoms with E-state index in [1.807, 2.05) is 54.6 Å². The van der Waals surface area contributed by atoms with Crippen LogP contribution in [0, 0.1) is 0 Å². The third-order valence-corrected chi connectivity index (χ3v) is 4.14. The van der Waals surface area contributed by atoms with Gasteiger partial charge in [0.25, 0.3) is 0 Å². The summed E-state index contributed by atoms with van der Waals surface area (Å²) in [5.41, 5.74) is 2.04. The van der Waals surface area contributed by atoms with Gasteiger partial charge in [0.05, 0.1) is 16.8 Å². The average Bonchev–Trinajstić information content (AvgIpc) is 2.96. The van der Waals surface area contributed by atoms with Crippen LogP contribution in [0.15, 0.2) is 54.6 Å². The minimum Gasteiger partial charge on any atom is -0.364 e. The zero-order valence-electron chi connectivity index (χ0n) is 12.0. The molecule has 3 aromatic rings. The van der Waals surface area contributed by atoms with E-state index >= 15 is 0 Å². The lowest BCUT2D eigenvalue weighted by Gasteiger charge is -2.05. The highest BCUT2D eigenvalue weighted by Crippen LogP contribution is 2.21. The van der Waals surface area contributed by atoms with Crippen molar-refractivity contribution in [1.82, 2.24) is 10.3 Å². The summed E-state index contributed by atoms with van der Waals surface area (Å²) in [5, 5.41) is 3.72. The molecular weight excluding hydrogens is 296 g/mol. The number of fused-ring (bicyclic) bond motifs is 1. The largest absolute Gasteiger partial charge is 0.364 e. The number of hydrogen-bond acceptors (Lipinski definition) is 4. The van der Waals surface area contributed by atoms with E-state index < -0.39 is 0 Å². The molecule has 112 valence electrons. The van der Waals surface area contributed by atoms with Gasteiger partial charge >= 0.3 is 0 Å². The van der Waals surface area contributed by atoms with Crippen molar-refractivity contribution in [2.75, 3.05) is 6.61 Å². The van der Waals surface area contributed by atoms with Crippen LogP contribution in [0.5, 0.6) is 0 Å². The third kappa shape index (κ3) is 3.90. The lowest BCUT2D eigenvalue weighted by Crippen LogP contribution is -2.27. The molecule has 0 unspecified atom stereocenters. The van der Waals surface area contributed by atoms with E-state index in [1.165, 1.54) is 0 Å². The molecular formula is C17H16N2O2S. The summed E-state index contributed by atoms with van der Waals surface area (Å²) >= 11 is 1.59. The summed E-state index contributed by atoms with van der Waals surface area (Å²) in [6.07, 6.45) is 0. The van der Waals surface area contributed by atoms with Crippen LogP contribution >= 0.6 is 11.3 Å². The summed E-state index contributed by atoms with van der Waals surface area (Å²) in [6, 6.07) is 17.8. The molecule has 4 nitrogen and oxygen atoms in total. The molecule has 1 amide bonds. The summed E-state index contributed by atoms with van der Waals surface area (Å²) < 4.78 is 6.57. The van der Waals surface area contributed by atoms with Gasteiger partial charge < -0.3 is 10.1 Å². The van der Waals surface area contributed by atoms with Gasteiger partial charge in [-0.3, -0.25) is 4.79 Å². The lowest BCUT2D eigenvalue weighted by molar-refractivity contribution is -0.126. The van der Waals surface area contributed by atoms with Crippen molar-refractivity contribution in [2.45, 2.75) is 13.2 Å². The van der Waals surface area contributed by atoms with Crippen LogP contribution in [0.2, 0.25) is 0 Å². The maximum atomic E-state index is 11.7. The van der Waals surface area contributed by atoms with Crippen LogP contribution in [0.25, 0.3) is 10.2 Å². The number of rotatable bonds is 6. The first kappa shape index (κ1) is 14.7. The molecule has 0 atom stereocenters. The smallest absolute Gasteiger partial charge is 0.246 e. The molecule has 0 saturated carbocycles. The molecule has 0 aliphatic rings. The number of nitrogens with one attached hydrogen (secondary N) is 1. The second kappa shape index (κ2) is 7.15. The van der Waals surface area contributed by atoms with Crippen LogP contribution in [0.3, 0.4) is 0 Å². The molecule has 1 heterocycles. The summed E-state index contributed by atoms with van der Waals surface area (Å²) in [7, 11) is 0. The van der Waals surface area contributed by atoms with Crippen molar-refractivity contribution in [3.8, 4) is 0 Å². The van der Waals surface area contributed by atoms with Gasteiger partial charge in [-0.2, -0.15) is 0 Å². The molecule has 1 aromatic heterocycles. The Bertz CT molecular complexity index is 722. The van der Waals surface area contributed by atoms with Crippen LogP contribution in [0.4, 0.5) is 0 Å². The standard InChI is InChI=1S/C17H16N2O2S/c20-16(18-10-13-6-2-1-3-7-13)11-21-12-17-19-14-8-4-5-9-15(14)22-17/h1-9H,10-12H2,(H,18,20). The van der Waals surface area contributed by atoms with Crippen molar-refractivity contribution >= 4 is 27.5 Å². The van der Waals surface area contributed by atoms with Gasteiger partial charge in [-0.05, 0) is 17.7 Å². The van der Waals surface area contributed by atoms with Crippen molar-refractivity contribution in [1.29, 1.82) is 0 Å². The van der Waals surface area contributed by atoms with Crippen molar-refractivity contribution in [3.63, 3.8) is 0 Å². The number of para-hydroxylation sites is 1. The molecule has 0 fully saturated rings. The summed E-state index contributed by atoms with van der Waals surface area (Å²) in [4.78, 5) is 16.2. The van der Waals surface area contributed by atoms with Gasteiger partial charge in [0.2, 0.25) is 5.91 Å². The number of nitrogens with zero attached hydrogens (tertiary/aromatic N) is 1. The molecule has 22 heavy (non-hydrogen) atoms. The monoisotopic (exact) mass is 312 g/mol. The quantitative estimate of drug-likeness (QED) is 0.761. The number of benzene rings is 2. The Hall–Kier alpha value is -2.24. The SMILES string of the molecule is O=C(COCc1nc2ccccc2s1)NCc1ccccc1. The Labute approximate surface area is 132 Å². The number of amides is 1. The first-order valence-electron chi connectivity index (χ1n) is 7.04. The predicted molar refractivity (Wildman–Crippen MR) is 87.6 cm³/mol. The van der Waals surface area contributed by atoms with E-state index in [0.29, 0.717) is 13.2 Å². The highest BCUT2D eigenvalue weighted by atomic mass is 32.1. The Morgan fingerprint density at radius 2 is 1.86 bits per heavy atom. The molecule has 0 aliphatic carbocycles. The Kier molecular flexibility index (Phi) is 4.78. The molecule has 0 aliphatic heterocycles. The normalized spacial score (nSPS) is 10.7. The van der Waals surface area contributed by atoms with Gasteiger partial charge in [-0.25, -0.2) is 4.98 Å². The molecule has 0 saturated heterocycles. The van der Waals surface area contributed by atoms with E-state index in [1.54, 1.807) is 11.3 Å². The maximum absolute atomic E-state index is 11.7.